The van der Waals surface area contributed by atoms with Crippen LogP contribution in [-0.2, 0) is 14.3 Å². The second kappa shape index (κ2) is 9.22. The number of para-hydroxylation sites is 2. The van der Waals surface area contributed by atoms with Gasteiger partial charge in [0, 0.05) is 11.0 Å². The fraction of sp³-hybridized carbons (Fsp3) is 0.375. The number of rotatable bonds is 7. The molecular weight excluding hydrogens is 458 g/mol. The first-order chi connectivity index (χ1) is 15.1. The van der Waals surface area contributed by atoms with Gasteiger partial charge in [-0.25, -0.2) is 4.98 Å². The standard InChI is InChI=1S/C24H26BrN3O3/c1-3-5-8-14-27-22(29)20(23(30)31-4-2)21(16-10-9-11-17(25)15-16)28-19-13-7-6-12-18(19)26-24(27)28/h6-7,9-13,15,20-21H,3-5,8,14H2,1-2H3. The number of benzene rings is 2. The number of hydrogen-bond donors (Lipinski definition) is 0. The van der Waals surface area contributed by atoms with Crippen molar-refractivity contribution < 1.29 is 14.3 Å². The van der Waals surface area contributed by atoms with Crippen molar-refractivity contribution in [2.75, 3.05) is 18.1 Å². The Bertz CT molecular complexity index is 1110. The molecule has 0 spiro atoms. The van der Waals surface area contributed by atoms with Crippen molar-refractivity contribution in [3.63, 3.8) is 0 Å². The molecule has 0 radical (unpaired) electrons. The maximum Gasteiger partial charge on any atom is 0.321 e. The van der Waals surface area contributed by atoms with E-state index in [4.69, 9.17) is 9.72 Å². The van der Waals surface area contributed by atoms with E-state index in [2.05, 4.69) is 22.9 Å². The Kier molecular flexibility index (Phi) is 6.41. The van der Waals surface area contributed by atoms with Gasteiger partial charge in [0.25, 0.3) is 0 Å². The van der Waals surface area contributed by atoms with Gasteiger partial charge in [-0.15, -0.1) is 0 Å². The number of halogens is 1. The van der Waals surface area contributed by atoms with E-state index in [0.29, 0.717) is 12.5 Å². The summed E-state index contributed by atoms with van der Waals surface area (Å²) < 4.78 is 8.30. The highest BCUT2D eigenvalue weighted by molar-refractivity contribution is 9.10. The fourth-order valence-corrected chi connectivity index (χ4v) is 4.69. The molecule has 1 aromatic heterocycles. The van der Waals surface area contributed by atoms with Gasteiger partial charge in [0.15, 0.2) is 5.92 Å². The lowest BCUT2D eigenvalue weighted by Gasteiger charge is -2.38. The summed E-state index contributed by atoms with van der Waals surface area (Å²) in [7, 11) is 0. The molecule has 2 aromatic carbocycles. The number of carbonyl (C=O) groups is 2. The highest BCUT2D eigenvalue weighted by atomic mass is 79.9. The van der Waals surface area contributed by atoms with Crippen molar-refractivity contribution in [3.05, 3.63) is 58.6 Å². The summed E-state index contributed by atoms with van der Waals surface area (Å²) in [5.74, 6) is -1.13. The SMILES string of the molecule is CCCCCN1C(=O)C(C(=O)OCC)C(c2cccc(Br)c2)n2c1nc1ccccc12. The van der Waals surface area contributed by atoms with Crippen LogP contribution in [0.5, 0.6) is 0 Å². The molecule has 2 unspecified atom stereocenters. The van der Waals surface area contributed by atoms with E-state index < -0.39 is 17.9 Å². The molecule has 1 aliphatic heterocycles. The van der Waals surface area contributed by atoms with Crippen molar-refractivity contribution >= 4 is 44.8 Å². The first-order valence-electron chi connectivity index (χ1n) is 10.8. The van der Waals surface area contributed by atoms with Crippen LogP contribution in [0.3, 0.4) is 0 Å². The molecule has 1 amide bonds. The van der Waals surface area contributed by atoms with Crippen molar-refractivity contribution in [2.24, 2.45) is 5.92 Å². The molecule has 0 saturated carbocycles. The number of carbonyl (C=O) groups excluding carboxylic acids is 2. The van der Waals surface area contributed by atoms with E-state index in [-0.39, 0.29) is 12.5 Å². The van der Waals surface area contributed by atoms with Crippen molar-refractivity contribution in [1.82, 2.24) is 9.55 Å². The summed E-state index contributed by atoms with van der Waals surface area (Å²) in [6.45, 7) is 4.63. The first-order valence-corrected chi connectivity index (χ1v) is 11.6. The minimum Gasteiger partial charge on any atom is -0.465 e. The fourth-order valence-electron chi connectivity index (χ4n) is 4.27. The maximum absolute atomic E-state index is 13.7. The van der Waals surface area contributed by atoms with E-state index in [1.165, 1.54) is 0 Å². The normalized spacial score (nSPS) is 18.3. The number of ether oxygens (including phenoxy) is 1. The van der Waals surface area contributed by atoms with Gasteiger partial charge in [-0.2, -0.15) is 0 Å². The molecule has 1 aliphatic rings. The molecule has 0 N–H and O–H groups in total. The second-order valence-corrected chi connectivity index (χ2v) is 8.61. The third kappa shape index (κ3) is 3.99. The number of anilines is 1. The topological polar surface area (TPSA) is 64.4 Å². The Morgan fingerprint density at radius 2 is 1.94 bits per heavy atom. The minimum absolute atomic E-state index is 0.223. The minimum atomic E-state index is -0.971. The second-order valence-electron chi connectivity index (χ2n) is 7.70. The Balaban J connectivity index is 1.94. The number of esters is 1. The highest BCUT2D eigenvalue weighted by Gasteiger charge is 2.47. The highest BCUT2D eigenvalue weighted by Crippen LogP contribution is 2.41. The van der Waals surface area contributed by atoms with Crippen LogP contribution in [-0.4, -0.2) is 34.6 Å². The van der Waals surface area contributed by atoms with Crippen molar-refractivity contribution in [3.8, 4) is 0 Å². The summed E-state index contributed by atoms with van der Waals surface area (Å²) in [6.07, 6.45) is 2.89. The molecule has 0 bridgehead atoms. The molecule has 31 heavy (non-hydrogen) atoms. The van der Waals surface area contributed by atoms with Crippen LogP contribution >= 0.6 is 15.9 Å². The zero-order valence-corrected chi connectivity index (χ0v) is 19.3. The third-order valence-corrected chi connectivity index (χ3v) is 6.15. The Morgan fingerprint density at radius 3 is 2.68 bits per heavy atom. The summed E-state index contributed by atoms with van der Waals surface area (Å²) in [6, 6.07) is 15.0. The van der Waals surface area contributed by atoms with Gasteiger partial charge < -0.3 is 9.30 Å². The zero-order valence-electron chi connectivity index (χ0n) is 17.8. The predicted octanol–water partition coefficient (Wildman–Crippen LogP) is 5.10. The van der Waals surface area contributed by atoms with Gasteiger partial charge in [-0.3, -0.25) is 14.5 Å². The summed E-state index contributed by atoms with van der Waals surface area (Å²) in [5, 5.41) is 0. The Labute approximate surface area is 190 Å². The van der Waals surface area contributed by atoms with Gasteiger partial charge in [-0.1, -0.05) is 60.0 Å². The van der Waals surface area contributed by atoms with Crippen LogP contribution in [0.1, 0.15) is 44.7 Å². The molecule has 4 rings (SSSR count). The van der Waals surface area contributed by atoms with Gasteiger partial charge in [0.05, 0.1) is 23.7 Å². The number of aromatic nitrogens is 2. The van der Waals surface area contributed by atoms with Crippen LogP contribution in [0.4, 0.5) is 5.95 Å². The first kappa shape index (κ1) is 21.6. The lowest BCUT2D eigenvalue weighted by Crippen LogP contribution is -2.50. The van der Waals surface area contributed by atoms with E-state index in [0.717, 1.165) is 40.3 Å². The van der Waals surface area contributed by atoms with Crippen LogP contribution < -0.4 is 4.90 Å². The van der Waals surface area contributed by atoms with Gasteiger partial charge in [0.2, 0.25) is 11.9 Å². The summed E-state index contributed by atoms with van der Waals surface area (Å²) >= 11 is 3.53. The largest absolute Gasteiger partial charge is 0.465 e. The van der Waals surface area contributed by atoms with Gasteiger partial charge in [-0.05, 0) is 43.2 Å². The summed E-state index contributed by atoms with van der Waals surface area (Å²) in [5.41, 5.74) is 2.55. The van der Waals surface area contributed by atoms with E-state index in [9.17, 15) is 9.59 Å². The maximum atomic E-state index is 13.7. The van der Waals surface area contributed by atoms with Crippen molar-refractivity contribution in [1.29, 1.82) is 0 Å². The van der Waals surface area contributed by atoms with Gasteiger partial charge >= 0.3 is 5.97 Å². The number of hydrogen-bond acceptors (Lipinski definition) is 4. The third-order valence-electron chi connectivity index (χ3n) is 5.66. The number of imidazole rings is 1. The smallest absolute Gasteiger partial charge is 0.321 e. The monoisotopic (exact) mass is 483 g/mol. The molecule has 0 saturated heterocycles. The molecule has 3 aromatic rings. The molecule has 2 atom stereocenters. The van der Waals surface area contributed by atoms with Crippen LogP contribution in [0.2, 0.25) is 0 Å². The van der Waals surface area contributed by atoms with Gasteiger partial charge in [0.1, 0.15) is 0 Å². The number of nitrogens with zero attached hydrogens (tertiary/aromatic N) is 3. The van der Waals surface area contributed by atoms with E-state index in [1.54, 1.807) is 11.8 Å². The average molecular weight is 484 g/mol. The lowest BCUT2D eigenvalue weighted by molar-refractivity contribution is -0.153. The van der Waals surface area contributed by atoms with Crippen LogP contribution in [0.15, 0.2) is 53.0 Å². The lowest BCUT2D eigenvalue weighted by atomic mass is 9.89. The Morgan fingerprint density at radius 1 is 1.13 bits per heavy atom. The van der Waals surface area contributed by atoms with E-state index >= 15 is 0 Å². The quantitative estimate of drug-likeness (QED) is 0.266. The van der Waals surface area contributed by atoms with Crippen LogP contribution in [0.25, 0.3) is 11.0 Å². The molecule has 2 heterocycles. The predicted molar refractivity (Wildman–Crippen MR) is 124 cm³/mol. The zero-order chi connectivity index (χ0) is 22.0. The Hall–Kier alpha value is -2.67. The number of fused-ring (bicyclic) bond motifs is 3. The number of amides is 1. The molecule has 0 aliphatic carbocycles. The molecule has 0 fully saturated rings. The molecule has 162 valence electrons. The average Bonchev–Trinajstić information content (AvgIpc) is 3.14. The summed E-state index contributed by atoms with van der Waals surface area (Å²) in [4.78, 5) is 33.3. The molecule has 7 heteroatoms. The van der Waals surface area contributed by atoms with Crippen LogP contribution in [0, 0.1) is 5.92 Å². The van der Waals surface area contributed by atoms with E-state index in [1.807, 2.05) is 53.1 Å². The van der Waals surface area contributed by atoms with Crippen molar-refractivity contribution in [2.45, 2.75) is 39.2 Å². The molecule has 6 nitrogen and oxygen atoms in total. The molecular formula is C24H26BrN3O3. The number of unbranched alkanes of at least 4 members (excludes halogenated alkanes) is 2.